The van der Waals surface area contributed by atoms with Crippen LogP contribution >= 0.6 is 0 Å². The molecule has 0 aliphatic rings. The molecule has 170 valence electrons. The number of hydrogen-bond donors (Lipinski definition) is 4. The zero-order valence-electron chi connectivity index (χ0n) is 20.0. The molecule has 3 aromatic carbocycles. The van der Waals surface area contributed by atoms with Gasteiger partial charge in [0.15, 0.2) is 0 Å². The van der Waals surface area contributed by atoms with Crippen molar-refractivity contribution in [1.29, 1.82) is 0 Å². The van der Waals surface area contributed by atoms with Gasteiger partial charge >= 0.3 is 0 Å². The molecule has 0 spiro atoms. The lowest BCUT2D eigenvalue weighted by molar-refractivity contribution is -0.0436. The molecule has 32 heavy (non-hydrogen) atoms. The smallest absolute Gasteiger partial charge is 0.0974 e. The second-order valence-electron chi connectivity index (χ2n) is 9.99. The fraction of sp³-hybridized carbons (Fsp3) is 0.357. The average Bonchev–Trinajstić information content (AvgIpc) is 2.75. The third kappa shape index (κ3) is 3.48. The van der Waals surface area contributed by atoms with Crippen LogP contribution in [0.5, 0.6) is 0 Å². The first-order chi connectivity index (χ1) is 14.9. The van der Waals surface area contributed by atoms with Crippen LogP contribution in [0.1, 0.15) is 57.7 Å². The van der Waals surface area contributed by atoms with E-state index in [0.717, 1.165) is 34.5 Å². The van der Waals surface area contributed by atoms with Gasteiger partial charge < -0.3 is 22.9 Å². The van der Waals surface area contributed by atoms with Crippen molar-refractivity contribution in [3.05, 3.63) is 95.6 Å². The van der Waals surface area contributed by atoms with Crippen molar-refractivity contribution in [3.63, 3.8) is 0 Å². The highest BCUT2D eigenvalue weighted by Crippen LogP contribution is 2.62. The molecule has 0 aromatic heterocycles. The molecule has 0 heterocycles. The maximum atomic E-state index is 7.26. The minimum Gasteiger partial charge on any atom is -0.399 e. The van der Waals surface area contributed by atoms with Gasteiger partial charge in [0.05, 0.1) is 5.66 Å². The largest absolute Gasteiger partial charge is 0.399 e. The first-order valence-corrected chi connectivity index (χ1v) is 11.3. The van der Waals surface area contributed by atoms with Crippen molar-refractivity contribution in [2.24, 2.45) is 16.9 Å². The van der Waals surface area contributed by atoms with Crippen LogP contribution in [0.4, 0.5) is 11.4 Å². The maximum absolute atomic E-state index is 7.26. The summed E-state index contributed by atoms with van der Waals surface area (Å²) in [6, 6.07) is 26.2. The van der Waals surface area contributed by atoms with Gasteiger partial charge in [-0.05, 0) is 58.2 Å². The number of nitrogens with two attached hydrogens (primary N) is 4. The van der Waals surface area contributed by atoms with Crippen LogP contribution < -0.4 is 22.9 Å². The monoisotopic (exact) mass is 430 g/mol. The number of benzene rings is 3. The molecule has 8 N–H and O–H groups in total. The van der Waals surface area contributed by atoms with E-state index in [2.05, 4.69) is 58.9 Å². The fourth-order valence-corrected chi connectivity index (χ4v) is 6.24. The summed E-state index contributed by atoms with van der Waals surface area (Å²) in [6.45, 7) is 11.2. The van der Waals surface area contributed by atoms with Gasteiger partial charge in [0.25, 0.3) is 0 Å². The van der Waals surface area contributed by atoms with Crippen molar-refractivity contribution in [2.75, 3.05) is 11.5 Å². The Morgan fingerprint density at radius 1 is 0.562 bits per heavy atom. The summed E-state index contributed by atoms with van der Waals surface area (Å²) in [5.74, 6) is 0. The van der Waals surface area contributed by atoms with Crippen LogP contribution in [0.25, 0.3) is 0 Å². The SMILES string of the molecule is CCC(C(C)(C)c1ccc(N)cc1)(C(C)(C)c1ccc(N)cc1)C(N)(N)c1ccccc1. The standard InChI is InChI=1S/C28H38N4/c1-6-27(28(31,32)22-10-8-7-9-11-22,25(2,3)20-12-16-23(29)17-13-20)26(4,5)21-14-18-24(30)19-15-21/h7-19H,6,29-32H2,1-5H3. The summed E-state index contributed by atoms with van der Waals surface area (Å²) in [5, 5.41) is 0. The zero-order chi connectivity index (χ0) is 23.8. The van der Waals surface area contributed by atoms with Crippen LogP contribution in [-0.2, 0) is 16.5 Å². The molecule has 3 aromatic rings. The van der Waals surface area contributed by atoms with E-state index in [1.54, 1.807) is 0 Å². The molecule has 4 heteroatoms. The van der Waals surface area contributed by atoms with E-state index in [9.17, 15) is 0 Å². The van der Waals surface area contributed by atoms with E-state index >= 15 is 0 Å². The van der Waals surface area contributed by atoms with E-state index < -0.39 is 21.9 Å². The predicted octanol–water partition coefficient (Wildman–Crippen LogP) is 5.27. The lowest BCUT2D eigenvalue weighted by atomic mass is 9.43. The number of nitrogen functional groups attached to an aromatic ring is 2. The Morgan fingerprint density at radius 2 is 0.938 bits per heavy atom. The van der Waals surface area contributed by atoms with Crippen molar-refractivity contribution in [3.8, 4) is 0 Å². The molecule has 4 nitrogen and oxygen atoms in total. The van der Waals surface area contributed by atoms with E-state index in [-0.39, 0.29) is 0 Å². The third-order valence-corrected chi connectivity index (χ3v) is 7.89. The Labute approximate surface area is 193 Å². The summed E-state index contributed by atoms with van der Waals surface area (Å²) in [7, 11) is 0. The van der Waals surface area contributed by atoms with Crippen molar-refractivity contribution in [1.82, 2.24) is 0 Å². The summed E-state index contributed by atoms with van der Waals surface area (Å²) in [5.41, 5.74) is 28.7. The summed E-state index contributed by atoms with van der Waals surface area (Å²) in [4.78, 5) is 0. The quantitative estimate of drug-likeness (QED) is 0.303. The van der Waals surface area contributed by atoms with Gasteiger partial charge in [0, 0.05) is 16.8 Å². The van der Waals surface area contributed by atoms with E-state index in [1.807, 2.05) is 54.6 Å². The fourth-order valence-electron chi connectivity index (χ4n) is 6.24. The molecule has 0 saturated heterocycles. The molecule has 0 aliphatic heterocycles. The van der Waals surface area contributed by atoms with Crippen LogP contribution in [0.3, 0.4) is 0 Å². The number of hydrogen-bond acceptors (Lipinski definition) is 4. The highest BCUT2D eigenvalue weighted by atomic mass is 15.0. The molecule has 0 aliphatic carbocycles. The Hall–Kier alpha value is -2.82. The predicted molar refractivity (Wildman–Crippen MR) is 137 cm³/mol. The third-order valence-electron chi connectivity index (χ3n) is 7.89. The first-order valence-electron chi connectivity index (χ1n) is 11.3. The van der Waals surface area contributed by atoms with Crippen LogP contribution in [-0.4, -0.2) is 0 Å². The van der Waals surface area contributed by atoms with Crippen LogP contribution in [0.15, 0.2) is 78.9 Å². The first kappa shape index (κ1) is 23.8. The highest BCUT2D eigenvalue weighted by molar-refractivity contribution is 5.47. The maximum Gasteiger partial charge on any atom is 0.0974 e. The molecule has 0 fully saturated rings. The van der Waals surface area contributed by atoms with Gasteiger partial charge in [-0.1, -0.05) is 89.2 Å². The molecule has 0 unspecified atom stereocenters. The molecule has 0 saturated carbocycles. The number of rotatable bonds is 7. The minimum absolute atomic E-state index is 0.417. The van der Waals surface area contributed by atoms with Crippen molar-refractivity contribution >= 4 is 11.4 Å². The molecule has 0 radical (unpaired) electrons. The van der Waals surface area contributed by atoms with Gasteiger partial charge in [-0.3, -0.25) is 0 Å². The molecule has 0 amide bonds. The Morgan fingerprint density at radius 3 is 1.28 bits per heavy atom. The average molecular weight is 431 g/mol. The molecular weight excluding hydrogens is 392 g/mol. The van der Waals surface area contributed by atoms with Crippen molar-refractivity contribution < 1.29 is 0 Å². The molecule has 3 rings (SSSR count). The Balaban J connectivity index is 2.38. The van der Waals surface area contributed by atoms with E-state index in [1.165, 1.54) is 0 Å². The second-order valence-corrected chi connectivity index (χ2v) is 9.99. The van der Waals surface area contributed by atoms with Gasteiger partial charge in [-0.2, -0.15) is 0 Å². The van der Waals surface area contributed by atoms with Gasteiger partial charge in [-0.25, -0.2) is 0 Å². The second kappa shape index (κ2) is 8.27. The van der Waals surface area contributed by atoms with E-state index in [4.69, 9.17) is 22.9 Å². The summed E-state index contributed by atoms with van der Waals surface area (Å²) >= 11 is 0. The Kier molecular flexibility index (Phi) is 6.16. The molecular formula is C28H38N4. The highest BCUT2D eigenvalue weighted by Gasteiger charge is 2.63. The zero-order valence-corrected chi connectivity index (χ0v) is 20.0. The molecule has 0 bridgehead atoms. The van der Waals surface area contributed by atoms with Crippen molar-refractivity contribution in [2.45, 2.75) is 57.5 Å². The number of anilines is 2. The van der Waals surface area contributed by atoms with Crippen LogP contribution in [0.2, 0.25) is 0 Å². The Bertz CT molecular complexity index is 976. The topological polar surface area (TPSA) is 104 Å². The summed E-state index contributed by atoms with van der Waals surface area (Å²) < 4.78 is 0. The lowest BCUT2D eigenvalue weighted by Gasteiger charge is -2.63. The minimum atomic E-state index is -1.14. The lowest BCUT2D eigenvalue weighted by Crippen LogP contribution is -2.72. The van der Waals surface area contributed by atoms with Gasteiger partial charge in [-0.15, -0.1) is 0 Å². The van der Waals surface area contributed by atoms with Gasteiger partial charge in [0.1, 0.15) is 0 Å². The normalized spacial score (nSPS) is 13.2. The van der Waals surface area contributed by atoms with Crippen LogP contribution in [0, 0.1) is 5.41 Å². The summed E-state index contributed by atoms with van der Waals surface area (Å²) in [6.07, 6.45) is 0.754. The molecule has 0 atom stereocenters. The van der Waals surface area contributed by atoms with E-state index in [0.29, 0.717) is 0 Å². The van der Waals surface area contributed by atoms with Gasteiger partial charge in [0.2, 0.25) is 0 Å².